The molecule has 20 heavy (non-hydrogen) atoms. The van der Waals surface area contributed by atoms with Crippen molar-refractivity contribution in [2.24, 2.45) is 10.8 Å². The van der Waals surface area contributed by atoms with E-state index in [2.05, 4.69) is 0 Å². The van der Waals surface area contributed by atoms with E-state index in [0.29, 0.717) is 32.1 Å². The Morgan fingerprint density at radius 1 is 0.850 bits per heavy atom. The number of carbonyl (C=O) groups is 2. The molecule has 0 fully saturated rings. The summed E-state index contributed by atoms with van der Waals surface area (Å²) < 4.78 is 0. The van der Waals surface area contributed by atoms with Gasteiger partial charge in [0.2, 0.25) is 0 Å². The van der Waals surface area contributed by atoms with Crippen LogP contribution in [0, 0.1) is 10.8 Å². The number of carboxylic acids is 2. The summed E-state index contributed by atoms with van der Waals surface area (Å²) in [6.45, 7) is 7.60. The third kappa shape index (κ3) is 4.80. The molecule has 0 rings (SSSR count). The standard InChI is InChI=1S/C16H30O4/c1-5-8-10-16(9-6-2,14(19)20)12-11-15(4,7-3)13(17)18/h5-12H2,1-4H3,(H,17,18)(H,19,20). The molecule has 0 heterocycles. The summed E-state index contributed by atoms with van der Waals surface area (Å²) in [6, 6.07) is 0. The zero-order valence-electron chi connectivity index (χ0n) is 13.4. The second-order valence-corrected chi connectivity index (χ2v) is 6.16. The normalized spacial score (nSPS) is 17.2. The molecule has 0 aromatic carbocycles. The van der Waals surface area contributed by atoms with Crippen molar-refractivity contribution in [2.75, 3.05) is 0 Å². The predicted octanol–water partition coefficient (Wildman–Crippen LogP) is 4.33. The van der Waals surface area contributed by atoms with Gasteiger partial charge in [0.25, 0.3) is 0 Å². The van der Waals surface area contributed by atoms with Crippen LogP contribution in [-0.4, -0.2) is 22.2 Å². The first-order chi connectivity index (χ1) is 9.28. The second-order valence-electron chi connectivity index (χ2n) is 6.16. The van der Waals surface area contributed by atoms with Crippen LogP contribution in [0.15, 0.2) is 0 Å². The fourth-order valence-corrected chi connectivity index (χ4v) is 2.64. The van der Waals surface area contributed by atoms with Crippen molar-refractivity contribution < 1.29 is 19.8 Å². The van der Waals surface area contributed by atoms with Gasteiger partial charge in [0.05, 0.1) is 10.8 Å². The molecule has 0 amide bonds. The number of unbranched alkanes of at least 4 members (excludes halogenated alkanes) is 1. The molecule has 4 heteroatoms. The Morgan fingerprint density at radius 2 is 1.45 bits per heavy atom. The van der Waals surface area contributed by atoms with Crippen LogP contribution in [0.25, 0.3) is 0 Å². The van der Waals surface area contributed by atoms with Crippen molar-refractivity contribution >= 4 is 11.9 Å². The van der Waals surface area contributed by atoms with E-state index in [9.17, 15) is 19.8 Å². The minimum absolute atomic E-state index is 0.425. The molecule has 2 atom stereocenters. The van der Waals surface area contributed by atoms with Crippen molar-refractivity contribution in [1.82, 2.24) is 0 Å². The highest BCUT2D eigenvalue weighted by Gasteiger charge is 2.40. The fourth-order valence-electron chi connectivity index (χ4n) is 2.64. The number of aliphatic carboxylic acids is 2. The van der Waals surface area contributed by atoms with Gasteiger partial charge in [-0.25, -0.2) is 0 Å². The van der Waals surface area contributed by atoms with Crippen LogP contribution in [0.3, 0.4) is 0 Å². The molecule has 0 radical (unpaired) electrons. The number of hydrogen-bond donors (Lipinski definition) is 2. The molecular weight excluding hydrogens is 256 g/mol. The first kappa shape index (κ1) is 18.9. The molecular formula is C16H30O4. The Hall–Kier alpha value is -1.06. The van der Waals surface area contributed by atoms with Crippen molar-refractivity contribution in [3.8, 4) is 0 Å². The summed E-state index contributed by atoms with van der Waals surface area (Å²) in [7, 11) is 0. The van der Waals surface area contributed by atoms with Crippen LogP contribution >= 0.6 is 0 Å². The van der Waals surface area contributed by atoms with E-state index in [1.54, 1.807) is 6.92 Å². The molecule has 0 saturated heterocycles. The van der Waals surface area contributed by atoms with Crippen LogP contribution < -0.4 is 0 Å². The Morgan fingerprint density at radius 3 is 1.80 bits per heavy atom. The molecule has 0 aliphatic carbocycles. The minimum Gasteiger partial charge on any atom is -0.481 e. The van der Waals surface area contributed by atoms with E-state index < -0.39 is 22.8 Å². The quantitative estimate of drug-likeness (QED) is 0.593. The Labute approximate surface area is 122 Å². The van der Waals surface area contributed by atoms with E-state index in [0.717, 1.165) is 19.3 Å². The number of rotatable bonds is 11. The lowest BCUT2D eigenvalue weighted by atomic mass is 9.70. The molecule has 0 aliphatic rings. The highest BCUT2D eigenvalue weighted by molar-refractivity contribution is 5.76. The van der Waals surface area contributed by atoms with E-state index >= 15 is 0 Å². The monoisotopic (exact) mass is 286 g/mol. The molecule has 0 bridgehead atoms. The average Bonchev–Trinajstić information content (AvgIpc) is 2.41. The largest absolute Gasteiger partial charge is 0.481 e. The van der Waals surface area contributed by atoms with E-state index in [1.807, 2.05) is 20.8 Å². The lowest BCUT2D eigenvalue weighted by Gasteiger charge is -2.33. The molecule has 0 saturated carbocycles. The maximum absolute atomic E-state index is 11.7. The maximum Gasteiger partial charge on any atom is 0.309 e. The Bertz CT molecular complexity index is 326. The van der Waals surface area contributed by atoms with E-state index in [4.69, 9.17) is 0 Å². The van der Waals surface area contributed by atoms with Gasteiger partial charge in [-0.05, 0) is 39.0 Å². The molecule has 2 unspecified atom stereocenters. The van der Waals surface area contributed by atoms with Gasteiger partial charge >= 0.3 is 11.9 Å². The van der Waals surface area contributed by atoms with Crippen LogP contribution in [0.1, 0.15) is 79.1 Å². The maximum atomic E-state index is 11.7. The van der Waals surface area contributed by atoms with Crippen molar-refractivity contribution in [2.45, 2.75) is 79.1 Å². The average molecular weight is 286 g/mol. The topological polar surface area (TPSA) is 74.6 Å². The highest BCUT2D eigenvalue weighted by Crippen LogP contribution is 2.40. The summed E-state index contributed by atoms with van der Waals surface area (Å²) in [5.74, 6) is -1.59. The Kier molecular flexibility index (Phi) is 7.84. The highest BCUT2D eigenvalue weighted by atomic mass is 16.4. The first-order valence-corrected chi connectivity index (χ1v) is 7.74. The van der Waals surface area contributed by atoms with Crippen molar-refractivity contribution in [3.05, 3.63) is 0 Å². The zero-order valence-corrected chi connectivity index (χ0v) is 13.4. The minimum atomic E-state index is -0.828. The lowest BCUT2D eigenvalue weighted by Crippen LogP contribution is -2.35. The predicted molar refractivity (Wildman–Crippen MR) is 79.8 cm³/mol. The van der Waals surface area contributed by atoms with Gasteiger partial charge in [0, 0.05) is 0 Å². The summed E-state index contributed by atoms with van der Waals surface area (Å²) in [5.41, 5.74) is -1.57. The van der Waals surface area contributed by atoms with Gasteiger partial charge < -0.3 is 10.2 Å². The third-order valence-electron chi connectivity index (χ3n) is 4.64. The Balaban J connectivity index is 5.04. The van der Waals surface area contributed by atoms with Crippen LogP contribution in [-0.2, 0) is 9.59 Å². The van der Waals surface area contributed by atoms with Gasteiger partial charge in [-0.2, -0.15) is 0 Å². The van der Waals surface area contributed by atoms with Gasteiger partial charge in [-0.1, -0.05) is 40.0 Å². The first-order valence-electron chi connectivity index (χ1n) is 7.74. The molecule has 4 nitrogen and oxygen atoms in total. The zero-order chi connectivity index (χ0) is 15.8. The van der Waals surface area contributed by atoms with Crippen LogP contribution in [0.2, 0.25) is 0 Å². The molecule has 2 N–H and O–H groups in total. The van der Waals surface area contributed by atoms with E-state index in [-0.39, 0.29) is 0 Å². The molecule has 118 valence electrons. The summed E-state index contributed by atoms with van der Waals surface area (Å²) in [5, 5.41) is 19.0. The van der Waals surface area contributed by atoms with Gasteiger partial charge in [0.1, 0.15) is 0 Å². The molecule has 0 spiro atoms. The lowest BCUT2D eigenvalue weighted by molar-refractivity contribution is -0.154. The van der Waals surface area contributed by atoms with Gasteiger partial charge in [-0.15, -0.1) is 0 Å². The summed E-state index contributed by atoms with van der Waals surface area (Å²) >= 11 is 0. The van der Waals surface area contributed by atoms with Crippen LogP contribution in [0.5, 0.6) is 0 Å². The molecule has 0 aliphatic heterocycles. The van der Waals surface area contributed by atoms with E-state index in [1.165, 1.54) is 0 Å². The second kappa shape index (κ2) is 8.28. The smallest absolute Gasteiger partial charge is 0.309 e. The molecule has 0 aromatic rings. The molecule has 0 aromatic heterocycles. The number of carboxylic acid groups (broad SMARTS) is 2. The SMILES string of the molecule is CCCCC(CCC)(CCC(C)(CC)C(=O)O)C(=O)O. The number of hydrogen-bond acceptors (Lipinski definition) is 2. The van der Waals surface area contributed by atoms with Crippen molar-refractivity contribution in [1.29, 1.82) is 0 Å². The fraction of sp³-hybridized carbons (Fsp3) is 0.875. The third-order valence-corrected chi connectivity index (χ3v) is 4.64. The van der Waals surface area contributed by atoms with Gasteiger partial charge in [-0.3, -0.25) is 9.59 Å². The summed E-state index contributed by atoms with van der Waals surface area (Å²) in [6.07, 6.45) is 5.32. The van der Waals surface area contributed by atoms with Crippen LogP contribution in [0.4, 0.5) is 0 Å². The van der Waals surface area contributed by atoms with Crippen molar-refractivity contribution in [3.63, 3.8) is 0 Å². The van der Waals surface area contributed by atoms with Gasteiger partial charge in [0.15, 0.2) is 0 Å². The summed E-state index contributed by atoms with van der Waals surface area (Å²) in [4.78, 5) is 23.1.